The molecular weight excluding hydrogens is 165 g/mol. The molecule has 1 aromatic heterocycles. The summed E-state index contributed by atoms with van der Waals surface area (Å²) in [6.45, 7) is 0. The zero-order valence-corrected chi connectivity index (χ0v) is 5.69. The van der Waals surface area contributed by atoms with Crippen molar-refractivity contribution in [1.29, 1.82) is 5.26 Å². The molecule has 1 rings (SSSR count). The van der Waals surface area contributed by atoms with Gasteiger partial charge in [0.1, 0.15) is 6.07 Å². The number of nitriles is 1. The van der Waals surface area contributed by atoms with Crippen LogP contribution >= 0.6 is 0 Å². The maximum Gasteiger partial charge on any atom is 0.340 e. The number of pyridine rings is 1. The van der Waals surface area contributed by atoms with E-state index >= 15 is 0 Å². The van der Waals surface area contributed by atoms with Gasteiger partial charge in [-0.2, -0.15) is 9.65 Å². The molecule has 0 aliphatic carbocycles. The van der Waals surface area contributed by atoms with Crippen LogP contribution in [0, 0.1) is 27.3 Å². The van der Waals surface area contributed by atoms with E-state index in [0.717, 1.165) is 12.3 Å². The van der Waals surface area contributed by atoms with Crippen molar-refractivity contribution >= 4 is 5.69 Å². The Labute approximate surface area is 66.2 Å². The normalized spacial score (nSPS) is 9.00. The van der Waals surface area contributed by atoms with Crippen LogP contribution in [0.4, 0.5) is 10.1 Å². The molecule has 0 aliphatic rings. The van der Waals surface area contributed by atoms with Crippen molar-refractivity contribution in [2.24, 2.45) is 0 Å². The molecule has 0 N–H and O–H groups in total. The Balaban J connectivity index is 3.42. The van der Waals surface area contributed by atoms with E-state index in [2.05, 4.69) is 4.98 Å². The predicted molar refractivity (Wildman–Crippen MR) is 35.6 cm³/mol. The zero-order valence-electron chi connectivity index (χ0n) is 5.69. The molecule has 12 heavy (non-hydrogen) atoms. The number of aromatic nitrogens is 1. The average molecular weight is 167 g/mol. The first-order valence-corrected chi connectivity index (χ1v) is 2.86. The first kappa shape index (κ1) is 8.07. The van der Waals surface area contributed by atoms with Crippen molar-refractivity contribution in [2.45, 2.75) is 0 Å². The molecule has 0 amide bonds. The largest absolute Gasteiger partial charge is 0.340 e. The lowest BCUT2D eigenvalue weighted by Crippen LogP contribution is -1.97. The van der Waals surface area contributed by atoms with Crippen LogP contribution in [0.2, 0.25) is 0 Å². The fraction of sp³-hybridized carbons (Fsp3) is 0. The minimum atomic E-state index is -1.05. The van der Waals surface area contributed by atoms with Crippen LogP contribution in [0.15, 0.2) is 12.3 Å². The molecule has 0 saturated carbocycles. The number of rotatable bonds is 1. The van der Waals surface area contributed by atoms with E-state index in [0.29, 0.717) is 0 Å². The van der Waals surface area contributed by atoms with Gasteiger partial charge >= 0.3 is 5.69 Å². The van der Waals surface area contributed by atoms with Gasteiger partial charge in [-0.3, -0.25) is 10.1 Å². The first-order valence-electron chi connectivity index (χ1n) is 2.86. The standard InChI is InChI=1S/C6H2FN3O2/c7-4-1-2-9-5(3-8)6(4)10(11)12/h1-2H. The van der Waals surface area contributed by atoms with Crippen molar-refractivity contribution in [1.82, 2.24) is 4.98 Å². The van der Waals surface area contributed by atoms with E-state index in [9.17, 15) is 14.5 Å². The molecule has 0 radical (unpaired) electrons. The summed E-state index contributed by atoms with van der Waals surface area (Å²) in [6, 6.07) is 2.26. The highest BCUT2D eigenvalue weighted by molar-refractivity contribution is 5.43. The lowest BCUT2D eigenvalue weighted by atomic mass is 10.3. The molecule has 0 fully saturated rings. The highest BCUT2D eigenvalue weighted by Crippen LogP contribution is 2.18. The van der Waals surface area contributed by atoms with Gasteiger partial charge in [-0.15, -0.1) is 0 Å². The van der Waals surface area contributed by atoms with Gasteiger partial charge in [0, 0.05) is 6.20 Å². The van der Waals surface area contributed by atoms with Crippen LogP contribution < -0.4 is 0 Å². The van der Waals surface area contributed by atoms with Crippen molar-refractivity contribution in [3.05, 3.63) is 33.9 Å². The summed E-state index contributed by atoms with van der Waals surface area (Å²) in [5, 5.41) is 18.5. The molecular formula is C6H2FN3O2. The molecule has 6 heteroatoms. The fourth-order valence-electron chi connectivity index (χ4n) is 0.686. The summed E-state index contributed by atoms with van der Waals surface area (Å²) >= 11 is 0. The van der Waals surface area contributed by atoms with Gasteiger partial charge in [-0.1, -0.05) is 0 Å². The molecule has 5 nitrogen and oxygen atoms in total. The van der Waals surface area contributed by atoms with Crippen molar-refractivity contribution < 1.29 is 9.31 Å². The SMILES string of the molecule is N#Cc1nccc(F)c1[N+](=O)[O-]. The number of nitrogens with zero attached hydrogens (tertiary/aromatic N) is 3. The quantitative estimate of drug-likeness (QED) is 0.461. The van der Waals surface area contributed by atoms with E-state index in [1.165, 1.54) is 6.07 Å². The van der Waals surface area contributed by atoms with E-state index in [-0.39, 0.29) is 0 Å². The molecule has 0 spiro atoms. The number of hydrogen-bond acceptors (Lipinski definition) is 4. The fourth-order valence-corrected chi connectivity index (χ4v) is 0.686. The Morgan fingerprint density at radius 3 is 2.83 bits per heavy atom. The lowest BCUT2D eigenvalue weighted by Gasteiger charge is -1.92. The number of halogens is 1. The van der Waals surface area contributed by atoms with Gasteiger partial charge < -0.3 is 0 Å². The molecule has 1 heterocycles. The summed E-state index contributed by atoms with van der Waals surface area (Å²) in [5.74, 6) is -1.05. The molecule has 0 bridgehead atoms. The van der Waals surface area contributed by atoms with Crippen LogP contribution in [-0.2, 0) is 0 Å². The molecule has 60 valence electrons. The van der Waals surface area contributed by atoms with Gasteiger partial charge in [0.15, 0.2) is 0 Å². The van der Waals surface area contributed by atoms with Crippen molar-refractivity contribution in [3.63, 3.8) is 0 Å². The predicted octanol–water partition coefficient (Wildman–Crippen LogP) is 1.00. The van der Waals surface area contributed by atoms with Gasteiger partial charge in [0.25, 0.3) is 0 Å². The number of nitro groups is 1. The highest BCUT2D eigenvalue weighted by Gasteiger charge is 2.20. The Kier molecular flexibility index (Phi) is 1.96. The Morgan fingerprint density at radius 2 is 2.42 bits per heavy atom. The van der Waals surface area contributed by atoms with Crippen LogP contribution in [0.3, 0.4) is 0 Å². The molecule has 0 aliphatic heterocycles. The second-order valence-corrected chi connectivity index (χ2v) is 1.86. The Morgan fingerprint density at radius 1 is 1.75 bits per heavy atom. The van der Waals surface area contributed by atoms with Crippen LogP contribution in [0.5, 0.6) is 0 Å². The average Bonchev–Trinajstić information content (AvgIpc) is 2.03. The molecule has 0 unspecified atom stereocenters. The van der Waals surface area contributed by atoms with E-state index < -0.39 is 22.1 Å². The van der Waals surface area contributed by atoms with Gasteiger partial charge in [-0.25, -0.2) is 4.98 Å². The summed E-state index contributed by atoms with van der Waals surface area (Å²) < 4.78 is 12.7. The lowest BCUT2D eigenvalue weighted by molar-refractivity contribution is -0.388. The maximum atomic E-state index is 12.7. The summed E-state index contributed by atoms with van der Waals surface area (Å²) in [4.78, 5) is 12.5. The molecule has 1 aromatic rings. The molecule has 0 atom stereocenters. The van der Waals surface area contributed by atoms with E-state index in [1.807, 2.05) is 0 Å². The van der Waals surface area contributed by atoms with Crippen LogP contribution in [0.1, 0.15) is 5.69 Å². The minimum absolute atomic E-state index is 0.514. The monoisotopic (exact) mass is 167 g/mol. The second-order valence-electron chi connectivity index (χ2n) is 1.86. The zero-order chi connectivity index (χ0) is 9.14. The Bertz CT molecular complexity index is 372. The highest BCUT2D eigenvalue weighted by atomic mass is 19.1. The second kappa shape index (κ2) is 2.92. The maximum absolute atomic E-state index is 12.7. The smallest absolute Gasteiger partial charge is 0.258 e. The third kappa shape index (κ3) is 1.20. The molecule has 0 saturated heterocycles. The summed E-state index contributed by atoms with van der Waals surface area (Å²) in [6.07, 6.45) is 1.00. The van der Waals surface area contributed by atoms with Gasteiger partial charge in [0.05, 0.1) is 4.92 Å². The van der Waals surface area contributed by atoms with Gasteiger partial charge in [0.2, 0.25) is 11.5 Å². The summed E-state index contributed by atoms with van der Waals surface area (Å²) in [7, 11) is 0. The van der Waals surface area contributed by atoms with E-state index in [1.54, 1.807) is 0 Å². The third-order valence-corrected chi connectivity index (χ3v) is 1.16. The third-order valence-electron chi connectivity index (χ3n) is 1.16. The minimum Gasteiger partial charge on any atom is -0.258 e. The Hall–Kier alpha value is -2.03. The topological polar surface area (TPSA) is 79.8 Å². The van der Waals surface area contributed by atoms with E-state index in [4.69, 9.17) is 5.26 Å². The molecule has 0 aromatic carbocycles. The van der Waals surface area contributed by atoms with Crippen molar-refractivity contribution in [3.8, 4) is 6.07 Å². The van der Waals surface area contributed by atoms with Crippen LogP contribution in [0.25, 0.3) is 0 Å². The number of hydrogen-bond donors (Lipinski definition) is 0. The summed E-state index contributed by atoms with van der Waals surface area (Å²) in [5.41, 5.74) is -1.39. The first-order chi connectivity index (χ1) is 5.66. The van der Waals surface area contributed by atoms with Gasteiger partial charge in [-0.05, 0) is 6.07 Å². The van der Waals surface area contributed by atoms with Crippen LogP contribution in [-0.4, -0.2) is 9.91 Å². The van der Waals surface area contributed by atoms with Crippen molar-refractivity contribution in [2.75, 3.05) is 0 Å².